The molecule has 0 unspecified atom stereocenters. The van der Waals surface area contributed by atoms with E-state index < -0.39 is 17.8 Å². The van der Waals surface area contributed by atoms with Crippen molar-refractivity contribution >= 4 is 33.5 Å². The summed E-state index contributed by atoms with van der Waals surface area (Å²) in [5.41, 5.74) is 0. The average Bonchev–Trinajstić information content (AvgIpc) is 2.10. The lowest BCUT2D eigenvalue weighted by Gasteiger charge is -2.14. The maximum absolute atomic E-state index is 12.6. The molecule has 15 heavy (non-hydrogen) atoms. The number of halogens is 4. The van der Waals surface area contributed by atoms with Crippen LogP contribution in [0.2, 0.25) is 5.02 Å². The van der Waals surface area contributed by atoms with E-state index in [0.29, 0.717) is 4.47 Å². The van der Waals surface area contributed by atoms with E-state index in [1.54, 1.807) is 0 Å². The zero-order chi connectivity index (χ0) is 11.6. The fourth-order valence-electron chi connectivity index (χ4n) is 0.737. The van der Waals surface area contributed by atoms with Gasteiger partial charge >= 0.3 is 12.1 Å². The quantitative estimate of drug-likeness (QED) is 0.933. The van der Waals surface area contributed by atoms with Gasteiger partial charge < -0.3 is 9.84 Å². The van der Waals surface area contributed by atoms with Gasteiger partial charge in [-0.1, -0.05) is 27.5 Å². The van der Waals surface area contributed by atoms with Gasteiger partial charge in [-0.3, -0.25) is 0 Å². The van der Waals surface area contributed by atoms with Crippen molar-refractivity contribution in [3.8, 4) is 5.75 Å². The Bertz CT molecular complexity index is 397. The summed E-state index contributed by atoms with van der Waals surface area (Å²) in [6.45, 7) is 0. The molecule has 0 saturated heterocycles. The van der Waals surface area contributed by atoms with Crippen molar-refractivity contribution in [1.82, 2.24) is 0 Å². The van der Waals surface area contributed by atoms with Crippen LogP contribution in [0.25, 0.3) is 0 Å². The van der Waals surface area contributed by atoms with Crippen LogP contribution in [0.3, 0.4) is 0 Å². The Morgan fingerprint density at radius 2 is 2.13 bits per heavy atom. The summed E-state index contributed by atoms with van der Waals surface area (Å²) in [5.74, 6) is -2.78. The first-order valence-electron chi connectivity index (χ1n) is 3.58. The molecule has 82 valence electrons. The molecule has 1 aromatic rings. The number of aliphatic carboxylic acids is 1. The second-order valence-corrected chi connectivity index (χ2v) is 3.82. The minimum absolute atomic E-state index is 0.0980. The van der Waals surface area contributed by atoms with Crippen molar-refractivity contribution in [3.63, 3.8) is 0 Å². The molecule has 0 atom stereocenters. The topological polar surface area (TPSA) is 46.5 Å². The molecule has 0 amide bonds. The number of hydrogen-bond donors (Lipinski definition) is 1. The van der Waals surface area contributed by atoms with Gasteiger partial charge in [-0.2, -0.15) is 8.78 Å². The monoisotopic (exact) mass is 300 g/mol. The van der Waals surface area contributed by atoms with Crippen molar-refractivity contribution in [2.45, 2.75) is 6.11 Å². The Morgan fingerprint density at radius 3 is 2.67 bits per heavy atom. The van der Waals surface area contributed by atoms with Gasteiger partial charge in [0.1, 0.15) is 5.75 Å². The van der Waals surface area contributed by atoms with E-state index in [9.17, 15) is 13.6 Å². The van der Waals surface area contributed by atoms with Crippen LogP contribution in [-0.4, -0.2) is 17.2 Å². The lowest BCUT2D eigenvalue weighted by atomic mass is 10.3. The van der Waals surface area contributed by atoms with Crippen LogP contribution in [0.5, 0.6) is 5.75 Å². The maximum Gasteiger partial charge on any atom is 0.501 e. The third-order valence-corrected chi connectivity index (χ3v) is 2.19. The summed E-state index contributed by atoms with van der Waals surface area (Å²) < 4.78 is 29.7. The number of hydrogen-bond acceptors (Lipinski definition) is 2. The summed E-state index contributed by atoms with van der Waals surface area (Å²) in [5, 5.41) is 8.03. The standard InChI is InChI=1S/C8H4BrClF2O3/c9-4-1-2-5(10)6(3-4)15-8(11,12)7(13)14/h1-3H,(H,13,14). The molecule has 0 saturated carbocycles. The van der Waals surface area contributed by atoms with E-state index in [4.69, 9.17) is 16.7 Å². The molecule has 1 aromatic carbocycles. The Labute approximate surface area is 96.7 Å². The lowest BCUT2D eigenvalue weighted by Crippen LogP contribution is -2.34. The minimum Gasteiger partial charge on any atom is -0.474 e. The number of carbonyl (C=O) groups is 1. The van der Waals surface area contributed by atoms with Crippen LogP contribution in [-0.2, 0) is 4.79 Å². The van der Waals surface area contributed by atoms with E-state index in [1.807, 2.05) is 0 Å². The smallest absolute Gasteiger partial charge is 0.474 e. The number of rotatable bonds is 3. The third kappa shape index (κ3) is 3.04. The van der Waals surface area contributed by atoms with E-state index in [-0.39, 0.29) is 5.02 Å². The molecular weight excluding hydrogens is 297 g/mol. The van der Waals surface area contributed by atoms with Crippen molar-refractivity contribution in [3.05, 3.63) is 27.7 Å². The van der Waals surface area contributed by atoms with Crippen LogP contribution < -0.4 is 4.74 Å². The lowest BCUT2D eigenvalue weighted by molar-refractivity contribution is -0.210. The number of ether oxygens (including phenoxy) is 1. The Hall–Kier alpha value is -0.880. The number of carboxylic acids is 1. The Kier molecular flexibility index (Phi) is 3.51. The highest BCUT2D eigenvalue weighted by atomic mass is 79.9. The highest BCUT2D eigenvalue weighted by molar-refractivity contribution is 9.10. The maximum atomic E-state index is 12.6. The van der Waals surface area contributed by atoms with Crippen LogP contribution in [0.1, 0.15) is 0 Å². The summed E-state index contributed by atoms with van der Waals surface area (Å²) in [6, 6.07) is 3.96. The zero-order valence-electron chi connectivity index (χ0n) is 7.01. The summed E-state index contributed by atoms with van der Waals surface area (Å²) >= 11 is 8.54. The molecular formula is C8H4BrClF2O3. The molecule has 0 aliphatic rings. The fourth-order valence-corrected chi connectivity index (χ4v) is 1.23. The molecule has 7 heteroatoms. The molecule has 1 N–H and O–H groups in total. The van der Waals surface area contributed by atoms with E-state index in [2.05, 4.69) is 20.7 Å². The SMILES string of the molecule is O=C(O)C(F)(F)Oc1cc(Br)ccc1Cl. The predicted molar refractivity (Wildman–Crippen MR) is 52.4 cm³/mol. The first-order valence-corrected chi connectivity index (χ1v) is 4.75. The number of carboxylic acid groups (broad SMARTS) is 1. The number of benzene rings is 1. The average molecular weight is 301 g/mol. The molecule has 0 heterocycles. The fraction of sp³-hybridized carbons (Fsp3) is 0.125. The van der Waals surface area contributed by atoms with Crippen molar-refractivity contribution in [2.24, 2.45) is 0 Å². The second kappa shape index (κ2) is 4.32. The van der Waals surface area contributed by atoms with Crippen molar-refractivity contribution in [1.29, 1.82) is 0 Å². The molecule has 0 aliphatic heterocycles. The highest BCUT2D eigenvalue weighted by Gasteiger charge is 2.42. The zero-order valence-corrected chi connectivity index (χ0v) is 9.35. The van der Waals surface area contributed by atoms with Gasteiger partial charge in [0.15, 0.2) is 0 Å². The second-order valence-electron chi connectivity index (χ2n) is 2.50. The van der Waals surface area contributed by atoms with Crippen molar-refractivity contribution < 1.29 is 23.4 Å². The van der Waals surface area contributed by atoms with Crippen LogP contribution in [0, 0.1) is 0 Å². The molecule has 3 nitrogen and oxygen atoms in total. The predicted octanol–water partition coefficient (Wildman–Crippen LogP) is 3.16. The third-order valence-electron chi connectivity index (χ3n) is 1.38. The van der Waals surface area contributed by atoms with Gasteiger partial charge in [-0.15, -0.1) is 0 Å². The largest absolute Gasteiger partial charge is 0.501 e. The molecule has 1 rings (SSSR count). The summed E-state index contributed by atoms with van der Waals surface area (Å²) in [7, 11) is 0. The van der Waals surface area contributed by atoms with Gasteiger partial charge in [0.2, 0.25) is 0 Å². The van der Waals surface area contributed by atoms with Gasteiger partial charge in [-0.25, -0.2) is 4.79 Å². The molecule has 0 aromatic heterocycles. The molecule has 0 bridgehead atoms. The van der Waals surface area contributed by atoms with Gasteiger partial charge in [0, 0.05) is 4.47 Å². The first kappa shape index (κ1) is 12.2. The van der Waals surface area contributed by atoms with Crippen LogP contribution in [0.15, 0.2) is 22.7 Å². The first-order chi connectivity index (χ1) is 6.83. The Balaban J connectivity index is 2.99. The van der Waals surface area contributed by atoms with Crippen LogP contribution >= 0.6 is 27.5 Å². The summed E-state index contributed by atoms with van der Waals surface area (Å²) in [6.07, 6.45) is -4.30. The minimum atomic E-state index is -4.30. The Morgan fingerprint density at radius 1 is 1.53 bits per heavy atom. The number of alkyl halides is 2. The normalized spacial score (nSPS) is 11.2. The van der Waals surface area contributed by atoms with Crippen molar-refractivity contribution in [2.75, 3.05) is 0 Å². The molecule has 0 fully saturated rings. The van der Waals surface area contributed by atoms with E-state index in [0.717, 1.165) is 6.07 Å². The van der Waals surface area contributed by atoms with Gasteiger partial charge in [0.25, 0.3) is 0 Å². The highest BCUT2D eigenvalue weighted by Crippen LogP contribution is 2.31. The molecule has 0 aliphatic carbocycles. The summed E-state index contributed by atoms with van der Waals surface area (Å²) in [4.78, 5) is 10.1. The van der Waals surface area contributed by atoms with E-state index in [1.165, 1.54) is 12.1 Å². The van der Waals surface area contributed by atoms with Crippen LogP contribution in [0.4, 0.5) is 8.78 Å². The van der Waals surface area contributed by atoms with Gasteiger partial charge in [0.05, 0.1) is 5.02 Å². The van der Waals surface area contributed by atoms with E-state index >= 15 is 0 Å². The van der Waals surface area contributed by atoms with Gasteiger partial charge in [-0.05, 0) is 18.2 Å². The molecule has 0 spiro atoms. The molecule has 0 radical (unpaired) electrons.